The number of nitrogens with zero attached hydrogens (tertiary/aromatic N) is 3. The van der Waals surface area contributed by atoms with E-state index in [1.54, 1.807) is 7.05 Å². The molecule has 1 amide bonds. The molecular formula is C12H18N4O3. The van der Waals surface area contributed by atoms with E-state index < -0.39 is 4.92 Å². The van der Waals surface area contributed by atoms with E-state index in [-0.39, 0.29) is 11.6 Å². The minimum atomic E-state index is -0.499. The lowest BCUT2D eigenvalue weighted by atomic mass is 10.3. The van der Waals surface area contributed by atoms with Gasteiger partial charge in [-0.15, -0.1) is 0 Å². The van der Waals surface area contributed by atoms with Crippen molar-refractivity contribution in [2.45, 2.75) is 12.8 Å². The highest BCUT2D eigenvalue weighted by molar-refractivity contribution is 5.93. The molecule has 104 valence electrons. The molecule has 2 rings (SSSR count). The summed E-state index contributed by atoms with van der Waals surface area (Å²) < 4.78 is 1.48. The predicted molar refractivity (Wildman–Crippen MR) is 70.1 cm³/mol. The van der Waals surface area contributed by atoms with E-state index in [1.165, 1.54) is 29.7 Å². The third kappa shape index (κ3) is 3.31. The molecule has 1 aromatic heterocycles. The van der Waals surface area contributed by atoms with Crippen molar-refractivity contribution in [1.82, 2.24) is 14.8 Å². The molecule has 1 aliphatic rings. The molecule has 0 bridgehead atoms. The molecule has 0 spiro atoms. The summed E-state index contributed by atoms with van der Waals surface area (Å²) in [5.41, 5.74) is 0.250. The molecule has 0 radical (unpaired) electrons. The van der Waals surface area contributed by atoms with Crippen molar-refractivity contribution in [3.05, 3.63) is 28.1 Å². The van der Waals surface area contributed by atoms with Gasteiger partial charge in [0, 0.05) is 26.2 Å². The first-order chi connectivity index (χ1) is 9.08. The lowest BCUT2D eigenvalue weighted by Gasteiger charge is -2.14. The second-order valence-electron chi connectivity index (χ2n) is 4.76. The van der Waals surface area contributed by atoms with Crippen molar-refractivity contribution >= 4 is 11.6 Å². The van der Waals surface area contributed by atoms with E-state index in [2.05, 4.69) is 10.2 Å². The van der Waals surface area contributed by atoms with Gasteiger partial charge in [0.05, 0.1) is 11.1 Å². The van der Waals surface area contributed by atoms with Gasteiger partial charge in [-0.25, -0.2) is 0 Å². The van der Waals surface area contributed by atoms with Crippen molar-refractivity contribution in [2.24, 2.45) is 7.05 Å². The minimum absolute atomic E-state index is 0.0628. The van der Waals surface area contributed by atoms with E-state index in [0.29, 0.717) is 12.2 Å². The van der Waals surface area contributed by atoms with Crippen LogP contribution in [0.4, 0.5) is 5.69 Å². The largest absolute Gasteiger partial charge is 0.349 e. The molecule has 1 N–H and O–H groups in total. The summed E-state index contributed by atoms with van der Waals surface area (Å²) in [5.74, 6) is -0.269. The van der Waals surface area contributed by atoms with E-state index in [9.17, 15) is 14.9 Å². The van der Waals surface area contributed by atoms with Gasteiger partial charge < -0.3 is 14.8 Å². The van der Waals surface area contributed by atoms with E-state index >= 15 is 0 Å². The Morgan fingerprint density at radius 1 is 1.47 bits per heavy atom. The van der Waals surface area contributed by atoms with Crippen LogP contribution in [-0.4, -0.2) is 46.5 Å². The second kappa shape index (κ2) is 5.83. The van der Waals surface area contributed by atoms with Gasteiger partial charge in [0.15, 0.2) is 0 Å². The number of nitrogens with one attached hydrogen (secondary N) is 1. The summed E-state index contributed by atoms with van der Waals surface area (Å²) in [5, 5.41) is 13.4. The lowest BCUT2D eigenvalue weighted by Crippen LogP contribution is -2.34. The van der Waals surface area contributed by atoms with Crippen molar-refractivity contribution < 1.29 is 9.72 Å². The zero-order valence-corrected chi connectivity index (χ0v) is 11.0. The highest BCUT2D eigenvalue weighted by Crippen LogP contribution is 2.14. The molecule has 1 aromatic rings. The summed E-state index contributed by atoms with van der Waals surface area (Å²) in [6.07, 6.45) is 3.78. The first-order valence-corrected chi connectivity index (χ1v) is 6.39. The van der Waals surface area contributed by atoms with Crippen molar-refractivity contribution in [2.75, 3.05) is 26.2 Å². The Morgan fingerprint density at radius 2 is 2.16 bits per heavy atom. The van der Waals surface area contributed by atoms with Crippen LogP contribution in [0.15, 0.2) is 12.3 Å². The summed E-state index contributed by atoms with van der Waals surface area (Å²) in [7, 11) is 1.63. The molecule has 1 fully saturated rings. The summed E-state index contributed by atoms with van der Waals surface area (Å²) in [4.78, 5) is 24.3. The van der Waals surface area contributed by atoms with Crippen LogP contribution in [0.3, 0.4) is 0 Å². The standard InChI is InChI=1S/C12H18N4O3/c1-14-9-10(16(18)19)8-11(14)12(17)13-4-7-15-5-2-3-6-15/h8-9H,2-7H2,1H3,(H,13,17). The van der Waals surface area contributed by atoms with Gasteiger partial charge in [-0.3, -0.25) is 14.9 Å². The monoisotopic (exact) mass is 266 g/mol. The van der Waals surface area contributed by atoms with Crippen LogP contribution in [0.5, 0.6) is 0 Å². The van der Waals surface area contributed by atoms with Gasteiger partial charge in [-0.1, -0.05) is 0 Å². The predicted octanol–water partition coefficient (Wildman–Crippen LogP) is 0.759. The summed E-state index contributed by atoms with van der Waals surface area (Å²) in [6, 6.07) is 1.30. The van der Waals surface area contributed by atoms with E-state index in [0.717, 1.165) is 19.6 Å². The van der Waals surface area contributed by atoms with Crippen molar-refractivity contribution in [3.63, 3.8) is 0 Å². The lowest BCUT2D eigenvalue weighted by molar-refractivity contribution is -0.384. The van der Waals surface area contributed by atoms with E-state index in [4.69, 9.17) is 0 Å². The van der Waals surface area contributed by atoms with Crippen LogP contribution in [0.2, 0.25) is 0 Å². The normalized spacial score (nSPS) is 15.6. The third-order valence-electron chi connectivity index (χ3n) is 3.35. The molecule has 19 heavy (non-hydrogen) atoms. The second-order valence-corrected chi connectivity index (χ2v) is 4.76. The SMILES string of the molecule is Cn1cc([N+](=O)[O-])cc1C(=O)NCCN1CCCC1. The molecule has 0 unspecified atom stereocenters. The zero-order valence-electron chi connectivity index (χ0n) is 11.0. The van der Waals surface area contributed by atoms with Crippen LogP contribution in [-0.2, 0) is 7.05 Å². The molecule has 1 saturated heterocycles. The maximum Gasteiger partial charge on any atom is 0.287 e. The number of carbonyl (C=O) groups is 1. The van der Waals surface area contributed by atoms with Crippen LogP contribution in [0, 0.1) is 10.1 Å². The van der Waals surface area contributed by atoms with Gasteiger partial charge in [-0.05, 0) is 25.9 Å². The number of likely N-dealkylation sites (tertiary alicyclic amines) is 1. The first-order valence-electron chi connectivity index (χ1n) is 6.39. The number of nitro groups is 1. The molecule has 0 saturated carbocycles. The fourth-order valence-corrected chi connectivity index (χ4v) is 2.30. The molecular weight excluding hydrogens is 248 g/mol. The van der Waals surface area contributed by atoms with Gasteiger partial charge in [-0.2, -0.15) is 0 Å². The number of hydrogen-bond acceptors (Lipinski definition) is 4. The van der Waals surface area contributed by atoms with Crippen molar-refractivity contribution in [3.8, 4) is 0 Å². The molecule has 0 aliphatic carbocycles. The minimum Gasteiger partial charge on any atom is -0.349 e. The fourth-order valence-electron chi connectivity index (χ4n) is 2.30. The summed E-state index contributed by atoms with van der Waals surface area (Å²) in [6.45, 7) is 3.58. The average molecular weight is 266 g/mol. The quantitative estimate of drug-likeness (QED) is 0.630. The summed E-state index contributed by atoms with van der Waals surface area (Å²) >= 11 is 0. The number of aromatic nitrogens is 1. The molecule has 0 aromatic carbocycles. The van der Waals surface area contributed by atoms with Gasteiger partial charge >= 0.3 is 0 Å². The van der Waals surface area contributed by atoms with Crippen LogP contribution < -0.4 is 5.32 Å². The number of rotatable bonds is 5. The van der Waals surface area contributed by atoms with Gasteiger partial charge in [0.2, 0.25) is 0 Å². The Labute approximate surface area is 111 Å². The number of hydrogen-bond donors (Lipinski definition) is 1. The Bertz CT molecular complexity index is 477. The molecule has 1 aliphatic heterocycles. The third-order valence-corrected chi connectivity index (χ3v) is 3.35. The Balaban J connectivity index is 1.86. The van der Waals surface area contributed by atoms with Crippen molar-refractivity contribution in [1.29, 1.82) is 0 Å². The van der Waals surface area contributed by atoms with Gasteiger partial charge in [0.1, 0.15) is 5.69 Å². The maximum absolute atomic E-state index is 11.9. The van der Waals surface area contributed by atoms with E-state index in [1.807, 2.05) is 0 Å². The first kappa shape index (κ1) is 13.5. The maximum atomic E-state index is 11.9. The number of carbonyl (C=O) groups excluding carboxylic acids is 1. The topological polar surface area (TPSA) is 80.4 Å². The van der Waals surface area contributed by atoms with Gasteiger partial charge in [0.25, 0.3) is 11.6 Å². The van der Waals surface area contributed by atoms with Crippen LogP contribution in [0.25, 0.3) is 0 Å². The highest BCUT2D eigenvalue weighted by atomic mass is 16.6. The zero-order chi connectivity index (χ0) is 13.8. The van der Waals surface area contributed by atoms with Crippen LogP contribution in [0.1, 0.15) is 23.3 Å². The molecule has 0 atom stereocenters. The Hall–Kier alpha value is -1.89. The Morgan fingerprint density at radius 3 is 2.74 bits per heavy atom. The number of aryl methyl sites for hydroxylation is 1. The average Bonchev–Trinajstić information content (AvgIpc) is 2.98. The molecule has 7 nitrogen and oxygen atoms in total. The smallest absolute Gasteiger partial charge is 0.287 e. The fraction of sp³-hybridized carbons (Fsp3) is 0.583. The van der Waals surface area contributed by atoms with Crippen LogP contribution >= 0.6 is 0 Å². The Kier molecular flexibility index (Phi) is 4.16. The molecule has 7 heteroatoms. The molecule has 2 heterocycles. The highest BCUT2D eigenvalue weighted by Gasteiger charge is 2.17. The number of amides is 1.